The molecule has 2 aromatic heterocycles. The minimum Gasteiger partial charge on any atom is -0.357 e. The van der Waals surface area contributed by atoms with Crippen LogP contribution < -0.4 is 10.6 Å². The zero-order valence-corrected chi connectivity index (χ0v) is 17.7. The van der Waals surface area contributed by atoms with E-state index in [4.69, 9.17) is 0 Å². The second kappa shape index (κ2) is 9.76. The fraction of sp³-hybridized carbons (Fsp3) is 0.333. The van der Waals surface area contributed by atoms with Gasteiger partial charge in [0.1, 0.15) is 5.82 Å². The largest absolute Gasteiger partial charge is 0.357 e. The average Bonchev–Trinajstić information content (AvgIpc) is 3.20. The van der Waals surface area contributed by atoms with E-state index in [2.05, 4.69) is 74.7 Å². The highest BCUT2D eigenvalue weighted by Crippen LogP contribution is 2.14. The minimum atomic E-state index is 0. The molecule has 0 unspecified atom stereocenters. The van der Waals surface area contributed by atoms with Gasteiger partial charge in [-0.1, -0.05) is 18.2 Å². The summed E-state index contributed by atoms with van der Waals surface area (Å²) in [6.45, 7) is 7.35. The number of imidazole rings is 1. The van der Waals surface area contributed by atoms with Gasteiger partial charge in [-0.2, -0.15) is 0 Å². The SMILES string of the molecule is CCNC(=NCc1cccs1)NCCn1c(C)nc2ccccc21.I. The molecule has 0 aliphatic heterocycles. The van der Waals surface area contributed by atoms with Gasteiger partial charge in [-0.25, -0.2) is 9.98 Å². The number of aromatic nitrogens is 2. The number of aryl methyl sites for hydroxylation is 1. The molecule has 0 amide bonds. The van der Waals surface area contributed by atoms with Crippen LogP contribution in [-0.4, -0.2) is 28.6 Å². The monoisotopic (exact) mass is 469 g/mol. The summed E-state index contributed by atoms with van der Waals surface area (Å²) in [4.78, 5) is 10.5. The third-order valence-electron chi connectivity index (χ3n) is 3.79. The highest BCUT2D eigenvalue weighted by atomic mass is 127. The van der Waals surface area contributed by atoms with Crippen LogP contribution in [0.1, 0.15) is 17.6 Å². The van der Waals surface area contributed by atoms with Gasteiger partial charge in [-0.05, 0) is 37.4 Å². The van der Waals surface area contributed by atoms with Crippen LogP contribution >= 0.6 is 35.3 Å². The maximum Gasteiger partial charge on any atom is 0.191 e. The lowest BCUT2D eigenvalue weighted by atomic mass is 10.3. The predicted molar refractivity (Wildman–Crippen MR) is 117 cm³/mol. The Morgan fingerprint density at radius 1 is 1.20 bits per heavy atom. The van der Waals surface area contributed by atoms with Crippen molar-refractivity contribution < 1.29 is 0 Å². The number of hydrogen-bond donors (Lipinski definition) is 2. The molecule has 134 valence electrons. The second-order valence-corrected chi connectivity index (χ2v) is 6.53. The second-order valence-electron chi connectivity index (χ2n) is 5.50. The van der Waals surface area contributed by atoms with Gasteiger partial charge in [-0.15, -0.1) is 35.3 Å². The summed E-state index contributed by atoms with van der Waals surface area (Å²) in [5.41, 5.74) is 2.23. The molecule has 0 spiro atoms. The van der Waals surface area contributed by atoms with Gasteiger partial charge in [0, 0.05) is 24.5 Å². The summed E-state index contributed by atoms with van der Waals surface area (Å²) in [5, 5.41) is 8.79. The molecule has 0 bridgehead atoms. The first-order valence-electron chi connectivity index (χ1n) is 8.24. The number of benzene rings is 1. The molecule has 3 aromatic rings. The minimum absolute atomic E-state index is 0. The Balaban J connectivity index is 0.00000225. The summed E-state index contributed by atoms with van der Waals surface area (Å²) in [6.07, 6.45) is 0. The van der Waals surface area contributed by atoms with Gasteiger partial charge < -0.3 is 15.2 Å². The molecule has 0 fully saturated rings. The number of fused-ring (bicyclic) bond motifs is 1. The van der Waals surface area contributed by atoms with E-state index in [-0.39, 0.29) is 24.0 Å². The van der Waals surface area contributed by atoms with Crippen LogP contribution in [0.3, 0.4) is 0 Å². The van der Waals surface area contributed by atoms with Crippen molar-refractivity contribution in [2.75, 3.05) is 13.1 Å². The fourth-order valence-electron chi connectivity index (χ4n) is 2.67. The first-order valence-corrected chi connectivity index (χ1v) is 9.12. The fourth-order valence-corrected chi connectivity index (χ4v) is 3.29. The number of guanidine groups is 1. The highest BCUT2D eigenvalue weighted by molar-refractivity contribution is 14.0. The molecular formula is C18H24IN5S. The van der Waals surface area contributed by atoms with Crippen LogP contribution in [0.5, 0.6) is 0 Å². The molecule has 0 saturated carbocycles. The predicted octanol–water partition coefficient (Wildman–Crippen LogP) is 3.78. The smallest absolute Gasteiger partial charge is 0.191 e. The standard InChI is InChI=1S/C18H23N5S.HI/c1-3-19-18(21-13-15-7-6-12-24-15)20-10-11-23-14(2)22-16-8-4-5-9-17(16)23;/h4-9,12H,3,10-11,13H2,1-2H3,(H2,19,20,21);1H. The zero-order chi connectivity index (χ0) is 16.8. The van der Waals surface area contributed by atoms with Crippen molar-refractivity contribution >= 4 is 52.3 Å². The topological polar surface area (TPSA) is 54.2 Å². The number of nitrogens with one attached hydrogen (secondary N) is 2. The first kappa shape index (κ1) is 19.7. The van der Waals surface area contributed by atoms with E-state index in [9.17, 15) is 0 Å². The van der Waals surface area contributed by atoms with E-state index < -0.39 is 0 Å². The van der Waals surface area contributed by atoms with Crippen LogP contribution in [0, 0.1) is 6.92 Å². The van der Waals surface area contributed by atoms with Gasteiger partial charge in [0.05, 0.1) is 17.6 Å². The van der Waals surface area contributed by atoms with Gasteiger partial charge in [0.15, 0.2) is 5.96 Å². The first-order chi connectivity index (χ1) is 11.8. The van der Waals surface area contributed by atoms with Crippen molar-refractivity contribution in [3.8, 4) is 0 Å². The Labute approximate surface area is 169 Å². The van der Waals surface area contributed by atoms with Crippen molar-refractivity contribution in [2.24, 2.45) is 4.99 Å². The molecule has 2 heterocycles. The van der Waals surface area contributed by atoms with Gasteiger partial charge in [0.2, 0.25) is 0 Å². The number of thiophene rings is 1. The van der Waals surface area contributed by atoms with E-state index in [0.29, 0.717) is 6.54 Å². The third kappa shape index (κ3) is 5.18. The third-order valence-corrected chi connectivity index (χ3v) is 4.65. The molecule has 0 atom stereocenters. The van der Waals surface area contributed by atoms with Crippen molar-refractivity contribution in [1.29, 1.82) is 0 Å². The number of rotatable bonds is 6. The summed E-state index contributed by atoms with van der Waals surface area (Å²) < 4.78 is 2.24. The van der Waals surface area contributed by atoms with Crippen LogP contribution in [0.4, 0.5) is 0 Å². The van der Waals surface area contributed by atoms with Gasteiger partial charge >= 0.3 is 0 Å². The normalized spacial score (nSPS) is 11.4. The maximum absolute atomic E-state index is 4.64. The molecule has 0 radical (unpaired) electrons. The Morgan fingerprint density at radius 2 is 2.04 bits per heavy atom. The highest BCUT2D eigenvalue weighted by Gasteiger charge is 2.06. The number of hydrogen-bond acceptors (Lipinski definition) is 3. The van der Waals surface area contributed by atoms with Crippen LogP contribution in [0.25, 0.3) is 11.0 Å². The van der Waals surface area contributed by atoms with Crippen molar-refractivity contribution in [1.82, 2.24) is 20.2 Å². The summed E-state index contributed by atoms with van der Waals surface area (Å²) in [7, 11) is 0. The van der Waals surface area contributed by atoms with Gasteiger partial charge in [0.25, 0.3) is 0 Å². The molecule has 0 aliphatic carbocycles. The molecule has 25 heavy (non-hydrogen) atoms. The Hall–Kier alpha value is -1.61. The lowest BCUT2D eigenvalue weighted by Crippen LogP contribution is -2.38. The molecule has 2 N–H and O–H groups in total. The zero-order valence-electron chi connectivity index (χ0n) is 14.5. The van der Waals surface area contributed by atoms with Crippen molar-refractivity contribution in [3.63, 3.8) is 0 Å². The molecule has 0 saturated heterocycles. The molecular weight excluding hydrogens is 445 g/mol. The number of aliphatic imine (C=N–C) groups is 1. The van der Waals surface area contributed by atoms with E-state index in [1.807, 2.05) is 6.07 Å². The Morgan fingerprint density at radius 3 is 2.80 bits per heavy atom. The van der Waals surface area contributed by atoms with Crippen molar-refractivity contribution in [2.45, 2.75) is 26.9 Å². The van der Waals surface area contributed by atoms with Crippen LogP contribution in [0.15, 0.2) is 46.8 Å². The Kier molecular flexibility index (Phi) is 7.70. The molecule has 5 nitrogen and oxygen atoms in total. The summed E-state index contributed by atoms with van der Waals surface area (Å²) in [5.74, 6) is 1.89. The van der Waals surface area contributed by atoms with E-state index in [0.717, 1.165) is 36.9 Å². The molecule has 0 aliphatic rings. The lowest BCUT2D eigenvalue weighted by Gasteiger charge is -2.12. The molecule has 7 heteroatoms. The van der Waals surface area contributed by atoms with E-state index >= 15 is 0 Å². The maximum atomic E-state index is 4.64. The number of halogens is 1. The molecule has 3 rings (SSSR count). The Bertz CT molecular complexity index is 810. The quantitative estimate of drug-likeness (QED) is 0.328. The van der Waals surface area contributed by atoms with Crippen LogP contribution in [-0.2, 0) is 13.1 Å². The van der Waals surface area contributed by atoms with Crippen LogP contribution in [0.2, 0.25) is 0 Å². The van der Waals surface area contributed by atoms with E-state index in [1.54, 1.807) is 11.3 Å². The van der Waals surface area contributed by atoms with Gasteiger partial charge in [-0.3, -0.25) is 0 Å². The van der Waals surface area contributed by atoms with Crippen molar-refractivity contribution in [3.05, 3.63) is 52.5 Å². The number of para-hydroxylation sites is 2. The van der Waals surface area contributed by atoms with E-state index in [1.165, 1.54) is 10.4 Å². The summed E-state index contributed by atoms with van der Waals surface area (Å²) in [6, 6.07) is 12.4. The summed E-state index contributed by atoms with van der Waals surface area (Å²) >= 11 is 1.73. The lowest BCUT2D eigenvalue weighted by molar-refractivity contribution is 0.660. The number of nitrogens with zero attached hydrogens (tertiary/aromatic N) is 3. The molecule has 1 aromatic carbocycles. The average molecular weight is 469 g/mol.